The number of likely N-dealkylation sites (tertiary alicyclic amines) is 1. The minimum Gasteiger partial charge on any atom is -0.497 e. The van der Waals surface area contributed by atoms with Crippen molar-refractivity contribution in [3.8, 4) is 5.75 Å². The van der Waals surface area contributed by atoms with E-state index in [1.807, 2.05) is 41.8 Å². The van der Waals surface area contributed by atoms with Crippen molar-refractivity contribution in [1.29, 1.82) is 0 Å². The van der Waals surface area contributed by atoms with Crippen LogP contribution in [0, 0.1) is 0 Å². The molecule has 2 heterocycles. The molecule has 1 aromatic heterocycles. The van der Waals surface area contributed by atoms with Crippen LogP contribution in [0.25, 0.3) is 0 Å². The summed E-state index contributed by atoms with van der Waals surface area (Å²) in [6.45, 7) is 0.861. The number of benzene rings is 1. The molecule has 1 aliphatic rings. The Morgan fingerprint density at radius 3 is 2.77 bits per heavy atom. The number of aliphatic hydroxyl groups is 2. The van der Waals surface area contributed by atoms with E-state index in [1.165, 1.54) is 4.90 Å². The van der Waals surface area contributed by atoms with E-state index in [1.54, 1.807) is 30.4 Å². The van der Waals surface area contributed by atoms with Crippen LogP contribution in [0.4, 0.5) is 0 Å². The summed E-state index contributed by atoms with van der Waals surface area (Å²) >= 11 is 1.59. The van der Waals surface area contributed by atoms with Crippen LogP contribution in [0.1, 0.15) is 29.3 Å². The third-order valence-corrected chi connectivity index (χ3v) is 6.41. The second-order valence-electron chi connectivity index (χ2n) is 7.45. The molecule has 0 spiro atoms. The van der Waals surface area contributed by atoms with E-state index in [0.29, 0.717) is 25.3 Å². The van der Waals surface area contributed by atoms with Crippen LogP contribution < -0.4 is 4.74 Å². The van der Waals surface area contributed by atoms with Crippen LogP contribution in [0.15, 0.2) is 41.8 Å². The summed E-state index contributed by atoms with van der Waals surface area (Å²) in [5.41, 5.74) is 0.904. The molecule has 0 aliphatic carbocycles. The summed E-state index contributed by atoms with van der Waals surface area (Å²) in [5, 5.41) is 22.8. The van der Waals surface area contributed by atoms with Gasteiger partial charge >= 0.3 is 0 Å². The molecular formula is C22H28N2O5S. The summed E-state index contributed by atoms with van der Waals surface area (Å²) in [7, 11) is 3.14. The highest BCUT2D eigenvalue weighted by atomic mass is 32.1. The van der Waals surface area contributed by atoms with Gasteiger partial charge < -0.3 is 24.7 Å². The van der Waals surface area contributed by atoms with Crippen LogP contribution in [0.2, 0.25) is 0 Å². The van der Waals surface area contributed by atoms with Crippen molar-refractivity contribution in [2.75, 3.05) is 27.2 Å². The quantitative estimate of drug-likeness (QED) is 0.664. The fourth-order valence-corrected chi connectivity index (χ4v) is 4.43. The Hall–Kier alpha value is -2.42. The lowest BCUT2D eigenvalue weighted by Gasteiger charge is -2.30. The molecule has 1 aliphatic heterocycles. The predicted octanol–water partition coefficient (Wildman–Crippen LogP) is 1.84. The number of carbonyl (C=O) groups is 2. The Labute approximate surface area is 180 Å². The van der Waals surface area contributed by atoms with E-state index in [9.17, 15) is 19.8 Å². The Bertz CT molecular complexity index is 857. The Morgan fingerprint density at radius 1 is 1.27 bits per heavy atom. The van der Waals surface area contributed by atoms with Crippen LogP contribution in [0.3, 0.4) is 0 Å². The Balaban J connectivity index is 1.63. The van der Waals surface area contributed by atoms with Gasteiger partial charge in [0.05, 0.1) is 13.2 Å². The molecule has 0 radical (unpaired) electrons. The summed E-state index contributed by atoms with van der Waals surface area (Å²) < 4.78 is 5.26. The van der Waals surface area contributed by atoms with Crippen molar-refractivity contribution in [3.05, 3.63) is 52.2 Å². The molecule has 1 saturated heterocycles. The highest BCUT2D eigenvalue weighted by Gasteiger charge is 2.39. The number of ether oxygens (including phenoxy) is 1. The maximum atomic E-state index is 12.9. The zero-order chi connectivity index (χ0) is 21.7. The molecule has 8 heteroatoms. The van der Waals surface area contributed by atoms with Gasteiger partial charge in [0.25, 0.3) is 11.8 Å². The van der Waals surface area contributed by atoms with Crippen molar-refractivity contribution in [3.63, 3.8) is 0 Å². The van der Waals surface area contributed by atoms with E-state index in [4.69, 9.17) is 4.74 Å². The number of likely N-dealkylation sites (N-methyl/N-ethyl adjacent to an activating group) is 1. The predicted molar refractivity (Wildman–Crippen MR) is 114 cm³/mol. The number of hydrogen-bond donors (Lipinski definition) is 2. The topological polar surface area (TPSA) is 90.3 Å². The molecule has 3 atom stereocenters. The SMILES string of the molecule is COc1cccc(C2CCCN2C(=O)[C@H](O)[C@@H](O)C(=O)N(C)CCc2cccs2)c1. The molecule has 0 bridgehead atoms. The fourth-order valence-electron chi connectivity index (χ4n) is 3.73. The second kappa shape index (κ2) is 10.1. The highest BCUT2D eigenvalue weighted by molar-refractivity contribution is 7.09. The van der Waals surface area contributed by atoms with E-state index in [2.05, 4.69) is 0 Å². The third-order valence-electron chi connectivity index (χ3n) is 5.47. The van der Waals surface area contributed by atoms with Crippen LogP contribution in [-0.4, -0.2) is 71.3 Å². The lowest BCUT2D eigenvalue weighted by atomic mass is 10.0. The van der Waals surface area contributed by atoms with Gasteiger partial charge in [-0.05, 0) is 48.4 Å². The molecule has 3 rings (SSSR count). The first-order valence-corrected chi connectivity index (χ1v) is 10.9. The molecule has 30 heavy (non-hydrogen) atoms. The largest absolute Gasteiger partial charge is 0.497 e. The van der Waals surface area contributed by atoms with E-state index in [-0.39, 0.29) is 6.04 Å². The van der Waals surface area contributed by atoms with Gasteiger partial charge in [0, 0.05) is 25.0 Å². The Morgan fingerprint density at radius 2 is 2.07 bits per heavy atom. The van der Waals surface area contributed by atoms with Gasteiger partial charge in [-0.3, -0.25) is 9.59 Å². The molecule has 7 nitrogen and oxygen atoms in total. The standard InChI is InChI=1S/C22H28N2O5S/c1-23(12-10-17-8-5-13-30-17)21(27)19(25)20(26)22(28)24-11-4-9-18(24)15-6-3-7-16(14-15)29-2/h3,5-8,13-14,18-20,25-26H,4,9-12H2,1-2H3/t18?,19-,20-/m1/s1. The summed E-state index contributed by atoms with van der Waals surface area (Å²) in [5.74, 6) is -0.604. The van der Waals surface area contributed by atoms with Gasteiger partial charge in [-0.15, -0.1) is 11.3 Å². The Kier molecular flexibility index (Phi) is 7.47. The minimum absolute atomic E-state index is 0.221. The normalized spacial score (nSPS) is 18.1. The number of aliphatic hydroxyl groups excluding tert-OH is 2. The van der Waals surface area contributed by atoms with Gasteiger partial charge in [0.15, 0.2) is 12.2 Å². The van der Waals surface area contributed by atoms with Crippen LogP contribution in [-0.2, 0) is 16.0 Å². The van der Waals surface area contributed by atoms with Crippen LogP contribution >= 0.6 is 11.3 Å². The van der Waals surface area contributed by atoms with Gasteiger partial charge in [0.2, 0.25) is 0 Å². The molecule has 1 unspecified atom stereocenters. The monoisotopic (exact) mass is 432 g/mol. The molecule has 1 fully saturated rings. The maximum absolute atomic E-state index is 12.9. The lowest BCUT2D eigenvalue weighted by molar-refractivity contribution is -0.158. The van der Waals surface area contributed by atoms with Crippen molar-refractivity contribution in [1.82, 2.24) is 9.80 Å². The number of thiophene rings is 1. The fraction of sp³-hybridized carbons (Fsp3) is 0.455. The number of hydrogen-bond acceptors (Lipinski definition) is 6. The first-order chi connectivity index (χ1) is 14.4. The molecule has 162 valence electrons. The maximum Gasteiger partial charge on any atom is 0.255 e. The highest BCUT2D eigenvalue weighted by Crippen LogP contribution is 2.34. The van der Waals surface area contributed by atoms with Crippen molar-refractivity contribution in [2.24, 2.45) is 0 Å². The molecule has 2 aromatic rings. The number of nitrogens with zero attached hydrogens (tertiary/aromatic N) is 2. The van der Waals surface area contributed by atoms with Gasteiger partial charge in [0.1, 0.15) is 5.75 Å². The summed E-state index contributed by atoms with van der Waals surface area (Å²) in [4.78, 5) is 29.5. The third kappa shape index (κ3) is 5.00. The molecule has 2 N–H and O–H groups in total. The summed E-state index contributed by atoms with van der Waals surface area (Å²) in [6, 6.07) is 11.1. The van der Waals surface area contributed by atoms with E-state index < -0.39 is 24.0 Å². The van der Waals surface area contributed by atoms with Gasteiger partial charge in [-0.2, -0.15) is 0 Å². The number of rotatable bonds is 8. The molecular weight excluding hydrogens is 404 g/mol. The number of carbonyl (C=O) groups excluding carboxylic acids is 2. The zero-order valence-electron chi connectivity index (χ0n) is 17.2. The van der Waals surface area contributed by atoms with Gasteiger partial charge in [-0.25, -0.2) is 0 Å². The first-order valence-electron chi connectivity index (χ1n) is 10.00. The lowest BCUT2D eigenvalue weighted by Crippen LogP contribution is -2.51. The molecule has 2 amide bonds. The van der Waals surface area contributed by atoms with Crippen molar-refractivity contribution in [2.45, 2.75) is 37.5 Å². The number of methoxy groups -OCH3 is 1. The average Bonchev–Trinajstić information content (AvgIpc) is 3.47. The smallest absolute Gasteiger partial charge is 0.255 e. The van der Waals surface area contributed by atoms with Crippen LogP contribution in [0.5, 0.6) is 5.75 Å². The average molecular weight is 433 g/mol. The second-order valence-corrected chi connectivity index (χ2v) is 8.48. The number of amides is 2. The van der Waals surface area contributed by atoms with Crippen molar-refractivity contribution < 1.29 is 24.5 Å². The zero-order valence-corrected chi connectivity index (χ0v) is 18.0. The summed E-state index contributed by atoms with van der Waals surface area (Å²) in [6.07, 6.45) is -1.41. The first kappa shape index (κ1) is 22.3. The van der Waals surface area contributed by atoms with E-state index in [0.717, 1.165) is 23.3 Å². The molecule has 0 saturated carbocycles. The van der Waals surface area contributed by atoms with E-state index >= 15 is 0 Å². The molecule has 1 aromatic carbocycles. The van der Waals surface area contributed by atoms with Crippen molar-refractivity contribution >= 4 is 23.2 Å². The van der Waals surface area contributed by atoms with Gasteiger partial charge in [-0.1, -0.05) is 18.2 Å². The minimum atomic E-state index is -1.80.